The van der Waals surface area contributed by atoms with Gasteiger partial charge in [-0.25, -0.2) is 9.98 Å². The number of amides is 1. The number of benzene rings is 2. The van der Waals surface area contributed by atoms with Gasteiger partial charge in [-0.1, -0.05) is 50.1 Å². The Kier molecular flexibility index (Phi) is 6.73. The summed E-state index contributed by atoms with van der Waals surface area (Å²) >= 11 is 4.59. The average Bonchev–Trinajstić information content (AvgIpc) is 3.58. The minimum atomic E-state index is 0.0187. The Hall–Kier alpha value is -2.81. The number of amidine groups is 1. The number of thiazole rings is 1. The van der Waals surface area contributed by atoms with E-state index in [0.29, 0.717) is 16.6 Å². The van der Waals surface area contributed by atoms with Gasteiger partial charge in [0.05, 0.1) is 20.8 Å². The number of para-hydroxylation sites is 2. The van der Waals surface area contributed by atoms with Crippen LogP contribution in [-0.4, -0.2) is 27.0 Å². The van der Waals surface area contributed by atoms with Crippen molar-refractivity contribution in [1.29, 1.82) is 0 Å². The van der Waals surface area contributed by atoms with Crippen molar-refractivity contribution in [3.63, 3.8) is 0 Å². The molecule has 1 saturated heterocycles. The van der Waals surface area contributed by atoms with Gasteiger partial charge in [0.25, 0.3) is 5.91 Å². The number of furan rings is 1. The Bertz CT molecular complexity index is 1420. The molecule has 1 aliphatic heterocycles. The van der Waals surface area contributed by atoms with Gasteiger partial charge in [0.1, 0.15) is 5.76 Å². The van der Waals surface area contributed by atoms with E-state index in [1.54, 1.807) is 11.3 Å². The molecule has 36 heavy (non-hydrogen) atoms. The second-order valence-corrected chi connectivity index (χ2v) is 12.3. The second kappa shape index (κ2) is 10.3. The lowest BCUT2D eigenvalue weighted by Crippen LogP contribution is -2.44. The van der Waals surface area contributed by atoms with Gasteiger partial charge >= 0.3 is 0 Å². The molecule has 6 rings (SSSR count). The van der Waals surface area contributed by atoms with Crippen LogP contribution in [-0.2, 0) is 4.79 Å². The van der Waals surface area contributed by atoms with E-state index in [-0.39, 0.29) is 11.9 Å². The van der Waals surface area contributed by atoms with Crippen LogP contribution in [0.2, 0.25) is 0 Å². The number of aliphatic imine (C=N–C) groups is 1. The molecule has 5 nitrogen and oxygen atoms in total. The molecule has 182 valence electrons. The maximum atomic E-state index is 13.7. The highest BCUT2D eigenvalue weighted by Crippen LogP contribution is 2.41. The van der Waals surface area contributed by atoms with Crippen LogP contribution in [0, 0.1) is 5.92 Å². The zero-order valence-corrected chi connectivity index (χ0v) is 22.2. The maximum absolute atomic E-state index is 13.7. The number of carbonyl (C=O) groups excluding carboxylic acids is 1. The number of fused-ring (bicyclic) bond motifs is 1. The van der Waals surface area contributed by atoms with E-state index < -0.39 is 0 Å². The fraction of sp³-hybridized carbons (Fsp3) is 0.250. The minimum Gasteiger partial charge on any atom is -0.450 e. The van der Waals surface area contributed by atoms with E-state index in [9.17, 15) is 4.79 Å². The molecule has 4 aromatic rings. The number of nitrogens with zero attached hydrogens (tertiary/aromatic N) is 3. The minimum absolute atomic E-state index is 0.0187. The predicted molar refractivity (Wildman–Crippen MR) is 150 cm³/mol. The van der Waals surface area contributed by atoms with Crippen molar-refractivity contribution in [2.24, 2.45) is 10.9 Å². The van der Waals surface area contributed by atoms with Gasteiger partial charge < -0.3 is 4.42 Å². The molecule has 2 aromatic carbocycles. The summed E-state index contributed by atoms with van der Waals surface area (Å²) in [6.07, 6.45) is 6.37. The molecular formula is C28H25N3O2S3. The standard InChI is InChI=1S/C28H25N3O2S3/c1-18-9-5-7-13-22(18)31-26(32)24(34-27(31)29-19-10-3-2-4-11-19)17-20-15-16-25(33-20)36-28-30-21-12-6-8-14-23(21)35-28/h2-4,6,8,10-12,14-18,22H,5,7,9,13H2,1H3/b24-17-,29-27?/t18-,22-/m1/s1. The molecule has 0 unspecified atom stereocenters. The fourth-order valence-corrected chi connectivity index (χ4v) is 7.72. The van der Waals surface area contributed by atoms with Crippen LogP contribution < -0.4 is 0 Å². The third-order valence-corrected chi connectivity index (χ3v) is 9.55. The molecule has 2 atom stereocenters. The smallest absolute Gasteiger partial charge is 0.267 e. The van der Waals surface area contributed by atoms with Gasteiger partial charge in [-0.3, -0.25) is 9.69 Å². The Morgan fingerprint density at radius 2 is 1.86 bits per heavy atom. The van der Waals surface area contributed by atoms with E-state index in [0.717, 1.165) is 49.8 Å². The van der Waals surface area contributed by atoms with Crippen molar-refractivity contribution >= 4 is 67.9 Å². The third kappa shape index (κ3) is 4.90. The number of hydrogen-bond donors (Lipinski definition) is 0. The largest absolute Gasteiger partial charge is 0.450 e. The molecule has 2 aromatic heterocycles. The van der Waals surface area contributed by atoms with Crippen molar-refractivity contribution in [2.75, 3.05) is 0 Å². The number of hydrogen-bond acceptors (Lipinski definition) is 7. The lowest BCUT2D eigenvalue weighted by molar-refractivity contribution is -0.124. The first-order valence-electron chi connectivity index (χ1n) is 12.1. The summed E-state index contributed by atoms with van der Waals surface area (Å²) in [6.45, 7) is 2.25. The van der Waals surface area contributed by atoms with E-state index >= 15 is 0 Å². The summed E-state index contributed by atoms with van der Waals surface area (Å²) in [5.74, 6) is 1.13. The van der Waals surface area contributed by atoms with Crippen molar-refractivity contribution < 1.29 is 9.21 Å². The summed E-state index contributed by atoms with van der Waals surface area (Å²) in [5, 5.41) is 1.51. The van der Waals surface area contributed by atoms with Gasteiger partial charge in [0, 0.05) is 12.1 Å². The van der Waals surface area contributed by atoms with Crippen LogP contribution in [0.3, 0.4) is 0 Å². The zero-order valence-electron chi connectivity index (χ0n) is 19.8. The molecule has 3 heterocycles. The molecule has 8 heteroatoms. The van der Waals surface area contributed by atoms with Crippen LogP contribution in [0.5, 0.6) is 0 Å². The van der Waals surface area contributed by atoms with Crippen LogP contribution in [0.4, 0.5) is 5.69 Å². The molecule has 0 spiro atoms. The number of rotatable bonds is 5. The predicted octanol–water partition coefficient (Wildman–Crippen LogP) is 8.22. The number of carbonyl (C=O) groups is 1. The summed E-state index contributed by atoms with van der Waals surface area (Å²) < 4.78 is 8.17. The lowest BCUT2D eigenvalue weighted by atomic mass is 9.85. The molecule has 0 N–H and O–H groups in total. The molecular weight excluding hydrogens is 507 g/mol. The van der Waals surface area contributed by atoms with Gasteiger partial charge in [-0.15, -0.1) is 11.3 Å². The zero-order chi connectivity index (χ0) is 24.5. The van der Waals surface area contributed by atoms with E-state index in [1.807, 2.05) is 71.6 Å². The van der Waals surface area contributed by atoms with Crippen LogP contribution in [0.1, 0.15) is 38.4 Å². The lowest BCUT2D eigenvalue weighted by Gasteiger charge is -2.35. The van der Waals surface area contributed by atoms with Gasteiger partial charge in [-0.2, -0.15) is 0 Å². The summed E-state index contributed by atoms with van der Waals surface area (Å²) in [6, 6.07) is 22.0. The Morgan fingerprint density at radius 3 is 2.69 bits per heavy atom. The van der Waals surface area contributed by atoms with Crippen LogP contribution >= 0.6 is 34.9 Å². The van der Waals surface area contributed by atoms with Crippen LogP contribution in [0.15, 0.2) is 90.5 Å². The van der Waals surface area contributed by atoms with Crippen LogP contribution in [0.25, 0.3) is 16.3 Å². The highest BCUT2D eigenvalue weighted by Gasteiger charge is 2.41. The fourth-order valence-electron chi connectivity index (χ4n) is 4.73. The first kappa shape index (κ1) is 23.6. The quantitative estimate of drug-likeness (QED) is 0.243. The van der Waals surface area contributed by atoms with E-state index in [2.05, 4.69) is 18.0 Å². The molecule has 1 amide bonds. The van der Waals surface area contributed by atoms with E-state index in [4.69, 9.17) is 9.41 Å². The van der Waals surface area contributed by atoms with Crippen molar-refractivity contribution in [2.45, 2.75) is 48.1 Å². The first-order chi connectivity index (χ1) is 17.6. The first-order valence-corrected chi connectivity index (χ1v) is 14.6. The maximum Gasteiger partial charge on any atom is 0.267 e. The Labute approximate surface area is 222 Å². The monoisotopic (exact) mass is 531 g/mol. The third-order valence-electron chi connectivity index (χ3n) is 6.55. The summed E-state index contributed by atoms with van der Waals surface area (Å²) in [7, 11) is 0. The number of thioether (sulfide) groups is 1. The second-order valence-electron chi connectivity index (χ2n) is 9.05. The van der Waals surface area contributed by atoms with Gasteiger partial charge in [-0.05, 0) is 78.7 Å². The molecule has 0 radical (unpaired) electrons. The van der Waals surface area contributed by atoms with Crippen molar-refractivity contribution in [3.8, 4) is 0 Å². The highest BCUT2D eigenvalue weighted by atomic mass is 32.2. The Balaban J connectivity index is 1.27. The highest BCUT2D eigenvalue weighted by molar-refractivity contribution is 8.18. The summed E-state index contributed by atoms with van der Waals surface area (Å²) in [4.78, 5) is 25.8. The molecule has 2 aliphatic rings. The topological polar surface area (TPSA) is 58.7 Å². The average molecular weight is 532 g/mol. The Morgan fingerprint density at radius 1 is 1.06 bits per heavy atom. The van der Waals surface area contributed by atoms with Crippen molar-refractivity contribution in [1.82, 2.24) is 9.88 Å². The van der Waals surface area contributed by atoms with Crippen molar-refractivity contribution in [3.05, 3.63) is 77.4 Å². The normalized spacial score (nSPS) is 22.8. The molecule has 2 fully saturated rings. The van der Waals surface area contributed by atoms with Gasteiger partial charge in [0.15, 0.2) is 14.6 Å². The molecule has 1 aliphatic carbocycles. The number of aromatic nitrogens is 1. The summed E-state index contributed by atoms with van der Waals surface area (Å²) in [5.41, 5.74) is 1.85. The molecule has 0 bridgehead atoms. The van der Waals surface area contributed by atoms with Gasteiger partial charge in [0.2, 0.25) is 0 Å². The molecule has 1 saturated carbocycles. The SMILES string of the molecule is C[C@@H]1CCCC[C@H]1N1C(=O)/C(=C/c2ccc(Sc3nc4ccccc4s3)o2)SC1=Nc1ccccc1. The van der Waals surface area contributed by atoms with E-state index in [1.165, 1.54) is 29.9 Å².